The quantitative estimate of drug-likeness (QED) is 0.888. The van der Waals surface area contributed by atoms with Crippen LogP contribution in [0.15, 0.2) is 12.1 Å². The summed E-state index contributed by atoms with van der Waals surface area (Å²) in [6.45, 7) is 3.21. The lowest BCUT2D eigenvalue weighted by Gasteiger charge is -2.23. The van der Waals surface area contributed by atoms with E-state index < -0.39 is 0 Å². The largest absolute Gasteiger partial charge is 0.493 e. The number of hydrogen-bond acceptors (Lipinski definition) is 3. The molecule has 1 heterocycles. The Labute approximate surface area is 121 Å². The minimum atomic E-state index is 0.244. The van der Waals surface area contributed by atoms with Crippen molar-refractivity contribution in [3.05, 3.63) is 28.8 Å². The smallest absolute Gasteiger partial charge is 0.124 e. The van der Waals surface area contributed by atoms with Crippen LogP contribution in [0.25, 0.3) is 0 Å². The van der Waals surface area contributed by atoms with Crippen LogP contribution in [0.2, 0.25) is 0 Å². The summed E-state index contributed by atoms with van der Waals surface area (Å²) in [6, 6.07) is 5.34. The van der Waals surface area contributed by atoms with E-state index in [1.807, 2.05) is 0 Å². The van der Waals surface area contributed by atoms with Crippen molar-refractivity contribution in [2.24, 2.45) is 0 Å². The molecule has 2 N–H and O–H groups in total. The van der Waals surface area contributed by atoms with E-state index in [2.05, 4.69) is 24.4 Å². The van der Waals surface area contributed by atoms with Crippen LogP contribution in [-0.4, -0.2) is 24.4 Å². The molecule has 0 amide bonds. The number of aryl methyl sites for hydroxylation is 2. The first-order valence-electron chi connectivity index (χ1n) is 7.93. The maximum atomic E-state index is 9.08. The molecule has 1 aromatic carbocycles. The highest BCUT2D eigenvalue weighted by atomic mass is 16.5. The van der Waals surface area contributed by atoms with Crippen molar-refractivity contribution in [3.8, 4) is 5.75 Å². The number of rotatable bonds is 4. The molecule has 1 unspecified atom stereocenters. The molecule has 0 fully saturated rings. The molecule has 3 rings (SSSR count). The van der Waals surface area contributed by atoms with Crippen molar-refractivity contribution in [1.29, 1.82) is 0 Å². The Bertz CT molecular complexity index is 472. The number of aliphatic hydroxyl groups excluding tert-OH is 1. The second-order valence-electron chi connectivity index (χ2n) is 6.14. The Balaban J connectivity index is 1.86. The highest BCUT2D eigenvalue weighted by molar-refractivity contribution is 5.46. The maximum absolute atomic E-state index is 9.08. The summed E-state index contributed by atoms with van der Waals surface area (Å²) in [4.78, 5) is 0. The normalized spacial score (nSPS) is 22.6. The molecule has 0 saturated heterocycles. The highest BCUT2D eigenvalue weighted by Crippen LogP contribution is 2.37. The fourth-order valence-corrected chi connectivity index (χ4v) is 3.44. The van der Waals surface area contributed by atoms with Gasteiger partial charge < -0.3 is 15.2 Å². The van der Waals surface area contributed by atoms with E-state index in [0.717, 1.165) is 31.6 Å². The van der Waals surface area contributed by atoms with Gasteiger partial charge in [-0.3, -0.25) is 0 Å². The summed E-state index contributed by atoms with van der Waals surface area (Å²) in [5, 5.41) is 12.7. The third-order valence-electron chi connectivity index (χ3n) is 4.54. The Hall–Kier alpha value is -1.06. The standard InChI is InChI=1S/C17H25NO2/c1-12(7-8-19)18-16-6-3-9-20-17-11-14-5-2-4-13(14)10-15(16)17/h10-12,16,18-19H,2-9H2,1H3/t12-,16?/m1/s1. The van der Waals surface area contributed by atoms with E-state index >= 15 is 0 Å². The topological polar surface area (TPSA) is 41.5 Å². The summed E-state index contributed by atoms with van der Waals surface area (Å²) in [7, 11) is 0. The lowest BCUT2D eigenvalue weighted by atomic mass is 9.96. The lowest BCUT2D eigenvalue weighted by Crippen LogP contribution is -2.31. The molecule has 2 aliphatic rings. The first-order chi connectivity index (χ1) is 9.78. The molecule has 2 atom stereocenters. The van der Waals surface area contributed by atoms with Crippen LogP contribution in [0.3, 0.4) is 0 Å². The molecule has 0 spiro atoms. The number of aliphatic hydroxyl groups is 1. The molecule has 20 heavy (non-hydrogen) atoms. The van der Waals surface area contributed by atoms with Gasteiger partial charge in [0.25, 0.3) is 0 Å². The van der Waals surface area contributed by atoms with Gasteiger partial charge in [0.1, 0.15) is 5.75 Å². The zero-order valence-electron chi connectivity index (χ0n) is 12.3. The van der Waals surface area contributed by atoms with Crippen LogP contribution in [0.5, 0.6) is 5.75 Å². The van der Waals surface area contributed by atoms with Crippen LogP contribution in [0, 0.1) is 0 Å². The third kappa shape index (κ3) is 2.84. The van der Waals surface area contributed by atoms with Crippen molar-refractivity contribution >= 4 is 0 Å². The molecular formula is C17H25NO2. The van der Waals surface area contributed by atoms with Crippen molar-refractivity contribution < 1.29 is 9.84 Å². The second kappa shape index (κ2) is 6.15. The van der Waals surface area contributed by atoms with Gasteiger partial charge in [-0.15, -0.1) is 0 Å². The molecule has 0 bridgehead atoms. The fourth-order valence-electron chi connectivity index (χ4n) is 3.44. The minimum Gasteiger partial charge on any atom is -0.493 e. The van der Waals surface area contributed by atoms with Crippen molar-refractivity contribution in [2.75, 3.05) is 13.2 Å². The molecule has 3 nitrogen and oxygen atoms in total. The molecule has 1 aromatic rings. The average molecular weight is 275 g/mol. The molecule has 0 radical (unpaired) electrons. The van der Waals surface area contributed by atoms with E-state index in [9.17, 15) is 0 Å². The Kier molecular flexibility index (Phi) is 4.27. The van der Waals surface area contributed by atoms with Gasteiger partial charge in [0.05, 0.1) is 6.61 Å². The Morgan fingerprint density at radius 3 is 2.90 bits per heavy atom. The van der Waals surface area contributed by atoms with Crippen molar-refractivity contribution in [2.45, 2.75) is 57.5 Å². The van der Waals surface area contributed by atoms with Crippen LogP contribution in [0.1, 0.15) is 55.3 Å². The van der Waals surface area contributed by atoms with Crippen molar-refractivity contribution in [1.82, 2.24) is 5.32 Å². The number of ether oxygens (including phenoxy) is 1. The van der Waals surface area contributed by atoms with Gasteiger partial charge in [-0.05, 0) is 62.6 Å². The second-order valence-corrected chi connectivity index (χ2v) is 6.14. The number of hydrogen-bond donors (Lipinski definition) is 2. The Morgan fingerprint density at radius 1 is 1.30 bits per heavy atom. The number of benzene rings is 1. The van der Waals surface area contributed by atoms with E-state index in [-0.39, 0.29) is 6.61 Å². The molecule has 0 aromatic heterocycles. The van der Waals surface area contributed by atoms with Gasteiger partial charge in [-0.1, -0.05) is 6.07 Å². The SMILES string of the molecule is C[C@H](CCO)NC1CCCOc2cc3c(cc21)CCC3. The van der Waals surface area contributed by atoms with Crippen LogP contribution in [0.4, 0.5) is 0 Å². The van der Waals surface area contributed by atoms with Crippen LogP contribution in [-0.2, 0) is 12.8 Å². The first kappa shape index (κ1) is 13.9. The predicted molar refractivity (Wildman–Crippen MR) is 80.2 cm³/mol. The maximum Gasteiger partial charge on any atom is 0.124 e. The Morgan fingerprint density at radius 2 is 2.10 bits per heavy atom. The summed E-state index contributed by atoms with van der Waals surface area (Å²) in [5.41, 5.74) is 4.32. The molecule has 3 heteroatoms. The van der Waals surface area contributed by atoms with E-state index in [4.69, 9.17) is 9.84 Å². The molecule has 1 aliphatic carbocycles. The minimum absolute atomic E-state index is 0.244. The molecular weight excluding hydrogens is 250 g/mol. The van der Waals surface area contributed by atoms with Gasteiger partial charge in [0, 0.05) is 24.3 Å². The zero-order chi connectivity index (χ0) is 13.9. The number of fused-ring (bicyclic) bond motifs is 2. The molecule has 1 aliphatic heterocycles. The predicted octanol–water partition coefficient (Wildman–Crippen LogP) is 2.75. The van der Waals surface area contributed by atoms with E-state index in [1.165, 1.54) is 36.0 Å². The third-order valence-corrected chi connectivity index (χ3v) is 4.54. The van der Waals surface area contributed by atoms with Gasteiger partial charge in [0.15, 0.2) is 0 Å². The summed E-state index contributed by atoms with van der Waals surface area (Å²) < 4.78 is 5.96. The lowest BCUT2D eigenvalue weighted by molar-refractivity contribution is 0.261. The van der Waals surface area contributed by atoms with Gasteiger partial charge in [-0.2, -0.15) is 0 Å². The average Bonchev–Trinajstić information content (AvgIpc) is 2.80. The summed E-state index contributed by atoms with van der Waals surface area (Å²) >= 11 is 0. The number of nitrogens with one attached hydrogen (secondary N) is 1. The zero-order valence-corrected chi connectivity index (χ0v) is 12.3. The summed E-state index contributed by atoms with van der Waals surface area (Å²) in [6.07, 6.45) is 6.69. The first-order valence-corrected chi connectivity index (χ1v) is 7.93. The van der Waals surface area contributed by atoms with E-state index in [1.54, 1.807) is 0 Å². The van der Waals surface area contributed by atoms with Crippen LogP contribution < -0.4 is 10.1 Å². The fraction of sp³-hybridized carbons (Fsp3) is 0.647. The van der Waals surface area contributed by atoms with Gasteiger partial charge >= 0.3 is 0 Å². The van der Waals surface area contributed by atoms with Gasteiger partial charge in [0.2, 0.25) is 0 Å². The van der Waals surface area contributed by atoms with Crippen molar-refractivity contribution in [3.63, 3.8) is 0 Å². The highest BCUT2D eigenvalue weighted by Gasteiger charge is 2.24. The van der Waals surface area contributed by atoms with E-state index in [0.29, 0.717) is 12.1 Å². The van der Waals surface area contributed by atoms with Crippen LogP contribution >= 0.6 is 0 Å². The molecule has 0 saturated carbocycles. The molecule has 110 valence electrons. The summed E-state index contributed by atoms with van der Waals surface area (Å²) in [5.74, 6) is 1.08. The van der Waals surface area contributed by atoms with Gasteiger partial charge in [-0.25, -0.2) is 0 Å². The monoisotopic (exact) mass is 275 g/mol.